The molecule has 18 heavy (non-hydrogen) atoms. The Morgan fingerprint density at radius 3 is 2.89 bits per heavy atom. The molecule has 1 aromatic carbocycles. The van der Waals surface area contributed by atoms with Gasteiger partial charge in [0.1, 0.15) is 5.52 Å². The van der Waals surface area contributed by atoms with E-state index in [0.717, 1.165) is 11.9 Å². The van der Waals surface area contributed by atoms with Gasteiger partial charge in [0, 0.05) is 11.8 Å². The number of nitrogen functional groups attached to an aromatic ring is 1. The number of oxazole rings is 1. The molecule has 0 radical (unpaired) electrons. The van der Waals surface area contributed by atoms with Gasteiger partial charge >= 0.3 is 0 Å². The molecular formula is C13H19N3O2. The second-order valence-electron chi connectivity index (χ2n) is 4.90. The monoisotopic (exact) mass is 249 g/mol. The fraction of sp³-hybridized carbons (Fsp3) is 0.462. The predicted molar refractivity (Wildman–Crippen MR) is 72.4 cm³/mol. The van der Waals surface area contributed by atoms with Crippen molar-refractivity contribution in [3.8, 4) is 0 Å². The van der Waals surface area contributed by atoms with E-state index >= 15 is 0 Å². The van der Waals surface area contributed by atoms with Crippen LogP contribution in [-0.2, 0) is 0 Å². The van der Waals surface area contributed by atoms with Gasteiger partial charge in [-0.15, -0.1) is 0 Å². The van der Waals surface area contributed by atoms with Crippen molar-refractivity contribution in [1.29, 1.82) is 0 Å². The van der Waals surface area contributed by atoms with Crippen molar-refractivity contribution >= 4 is 22.8 Å². The maximum atomic E-state index is 9.30. The third kappa shape index (κ3) is 2.92. The van der Waals surface area contributed by atoms with Gasteiger partial charge in [-0.1, -0.05) is 13.8 Å². The number of benzene rings is 1. The summed E-state index contributed by atoms with van der Waals surface area (Å²) in [4.78, 5) is 4.30. The number of rotatable bonds is 5. The molecule has 0 saturated heterocycles. The highest BCUT2D eigenvalue weighted by molar-refractivity contribution is 5.78. The normalized spacial score (nSPS) is 13.1. The first kappa shape index (κ1) is 12.7. The lowest BCUT2D eigenvalue weighted by Crippen LogP contribution is -2.25. The maximum Gasteiger partial charge on any atom is 0.295 e. The summed E-state index contributed by atoms with van der Waals surface area (Å²) in [6, 6.07) is 5.72. The molecule has 1 unspecified atom stereocenters. The Bertz CT molecular complexity index is 522. The van der Waals surface area contributed by atoms with Gasteiger partial charge in [0.05, 0.1) is 12.6 Å². The van der Waals surface area contributed by atoms with Gasteiger partial charge in [0.25, 0.3) is 6.01 Å². The molecule has 0 saturated carbocycles. The Morgan fingerprint density at radius 2 is 2.22 bits per heavy atom. The van der Waals surface area contributed by atoms with E-state index in [1.807, 2.05) is 6.07 Å². The fourth-order valence-electron chi connectivity index (χ4n) is 1.93. The summed E-state index contributed by atoms with van der Waals surface area (Å²) in [7, 11) is 0. The number of aliphatic hydroxyl groups is 1. The molecule has 5 nitrogen and oxygen atoms in total. The van der Waals surface area contributed by atoms with E-state index in [1.165, 1.54) is 0 Å². The number of aromatic nitrogens is 1. The van der Waals surface area contributed by atoms with Gasteiger partial charge in [0.15, 0.2) is 5.58 Å². The lowest BCUT2D eigenvalue weighted by molar-refractivity contribution is 0.257. The Morgan fingerprint density at radius 1 is 1.44 bits per heavy atom. The van der Waals surface area contributed by atoms with Crippen molar-refractivity contribution in [2.75, 3.05) is 17.7 Å². The van der Waals surface area contributed by atoms with Gasteiger partial charge in [-0.05, 0) is 24.5 Å². The molecule has 0 spiro atoms. The van der Waals surface area contributed by atoms with Crippen LogP contribution >= 0.6 is 0 Å². The van der Waals surface area contributed by atoms with Gasteiger partial charge in [-0.3, -0.25) is 0 Å². The molecule has 0 fully saturated rings. The zero-order valence-electron chi connectivity index (χ0n) is 10.7. The van der Waals surface area contributed by atoms with Gasteiger partial charge < -0.3 is 20.6 Å². The van der Waals surface area contributed by atoms with Crippen LogP contribution in [0.25, 0.3) is 11.1 Å². The quantitative estimate of drug-likeness (QED) is 0.708. The van der Waals surface area contributed by atoms with E-state index in [0.29, 0.717) is 23.2 Å². The molecule has 1 atom stereocenters. The van der Waals surface area contributed by atoms with Crippen LogP contribution in [0.15, 0.2) is 22.6 Å². The van der Waals surface area contributed by atoms with Crippen molar-refractivity contribution < 1.29 is 9.52 Å². The van der Waals surface area contributed by atoms with Crippen LogP contribution in [0.2, 0.25) is 0 Å². The highest BCUT2D eigenvalue weighted by Crippen LogP contribution is 2.22. The minimum absolute atomic E-state index is 0.0459. The molecule has 98 valence electrons. The van der Waals surface area contributed by atoms with Crippen LogP contribution in [0.1, 0.15) is 20.3 Å². The van der Waals surface area contributed by atoms with Crippen molar-refractivity contribution in [2.45, 2.75) is 26.3 Å². The molecule has 0 amide bonds. The van der Waals surface area contributed by atoms with Crippen LogP contribution in [0, 0.1) is 5.92 Å². The number of aliphatic hydroxyl groups excluding tert-OH is 1. The Balaban J connectivity index is 2.15. The molecule has 0 aliphatic heterocycles. The Hall–Kier alpha value is -1.75. The summed E-state index contributed by atoms with van der Waals surface area (Å²) in [5.74, 6) is 0.495. The first-order valence-electron chi connectivity index (χ1n) is 6.12. The highest BCUT2D eigenvalue weighted by Gasteiger charge is 2.13. The highest BCUT2D eigenvalue weighted by atomic mass is 16.4. The van der Waals surface area contributed by atoms with Crippen molar-refractivity contribution in [3.63, 3.8) is 0 Å². The summed E-state index contributed by atoms with van der Waals surface area (Å²) < 4.78 is 5.55. The molecule has 0 aliphatic rings. The fourth-order valence-corrected chi connectivity index (χ4v) is 1.93. The molecule has 1 aromatic heterocycles. The van der Waals surface area contributed by atoms with E-state index in [9.17, 15) is 5.11 Å². The molecule has 5 heteroatoms. The summed E-state index contributed by atoms with van der Waals surface area (Å²) in [5.41, 5.74) is 7.73. The second kappa shape index (κ2) is 5.27. The molecule has 2 rings (SSSR count). The number of nitrogens with one attached hydrogen (secondary N) is 1. The van der Waals surface area contributed by atoms with E-state index < -0.39 is 0 Å². The standard InChI is InChI=1S/C13H19N3O2/c1-8(2)5-10(7-17)15-13-16-11-4-3-9(14)6-12(11)18-13/h3-4,6,8,10,17H,5,7,14H2,1-2H3,(H,15,16). The van der Waals surface area contributed by atoms with Crippen molar-refractivity contribution in [3.05, 3.63) is 18.2 Å². The Kier molecular flexibility index (Phi) is 3.72. The third-order valence-electron chi connectivity index (χ3n) is 2.72. The first-order valence-corrected chi connectivity index (χ1v) is 6.12. The number of hydrogen-bond donors (Lipinski definition) is 3. The van der Waals surface area contributed by atoms with Gasteiger partial charge in [-0.25, -0.2) is 0 Å². The molecule has 0 aliphatic carbocycles. The van der Waals surface area contributed by atoms with Gasteiger partial charge in [-0.2, -0.15) is 4.98 Å². The Labute approximate surface area is 106 Å². The lowest BCUT2D eigenvalue weighted by atomic mass is 10.0. The van der Waals surface area contributed by atoms with E-state index in [4.69, 9.17) is 10.2 Å². The molecular weight excluding hydrogens is 230 g/mol. The molecule has 0 bridgehead atoms. The average molecular weight is 249 g/mol. The van der Waals surface area contributed by atoms with Crippen LogP contribution in [0.4, 0.5) is 11.7 Å². The first-order chi connectivity index (χ1) is 8.58. The molecule has 1 heterocycles. The smallest absolute Gasteiger partial charge is 0.295 e. The number of hydrogen-bond acceptors (Lipinski definition) is 5. The van der Waals surface area contributed by atoms with Crippen molar-refractivity contribution in [1.82, 2.24) is 4.98 Å². The maximum absolute atomic E-state index is 9.30. The SMILES string of the molecule is CC(C)CC(CO)Nc1nc2ccc(N)cc2o1. The van der Waals surface area contributed by atoms with E-state index in [-0.39, 0.29) is 12.6 Å². The number of nitrogens with two attached hydrogens (primary N) is 1. The predicted octanol–water partition coefficient (Wildman–Crippen LogP) is 2.23. The largest absolute Gasteiger partial charge is 0.423 e. The van der Waals surface area contributed by atoms with Crippen LogP contribution in [0.3, 0.4) is 0 Å². The van der Waals surface area contributed by atoms with Crippen LogP contribution in [0.5, 0.6) is 0 Å². The summed E-state index contributed by atoms with van der Waals surface area (Å²) in [5, 5.41) is 12.4. The van der Waals surface area contributed by atoms with Crippen LogP contribution < -0.4 is 11.1 Å². The minimum atomic E-state index is -0.0459. The number of fused-ring (bicyclic) bond motifs is 1. The number of anilines is 2. The van der Waals surface area contributed by atoms with Gasteiger partial charge in [0.2, 0.25) is 0 Å². The number of nitrogens with zero attached hydrogens (tertiary/aromatic N) is 1. The minimum Gasteiger partial charge on any atom is -0.423 e. The topological polar surface area (TPSA) is 84.3 Å². The van der Waals surface area contributed by atoms with Crippen LogP contribution in [-0.4, -0.2) is 22.7 Å². The summed E-state index contributed by atoms with van der Waals surface area (Å²) >= 11 is 0. The van der Waals surface area contributed by atoms with E-state index in [1.54, 1.807) is 12.1 Å². The zero-order valence-corrected chi connectivity index (χ0v) is 10.7. The van der Waals surface area contributed by atoms with E-state index in [2.05, 4.69) is 24.1 Å². The third-order valence-corrected chi connectivity index (χ3v) is 2.72. The summed E-state index contributed by atoms with van der Waals surface area (Å²) in [6.07, 6.45) is 0.858. The lowest BCUT2D eigenvalue weighted by Gasteiger charge is -2.16. The van der Waals surface area contributed by atoms with Crippen molar-refractivity contribution in [2.24, 2.45) is 5.92 Å². The second-order valence-corrected chi connectivity index (χ2v) is 4.90. The molecule has 4 N–H and O–H groups in total. The average Bonchev–Trinajstić information content (AvgIpc) is 2.68. The molecule has 2 aromatic rings. The zero-order chi connectivity index (χ0) is 13.1. The summed E-state index contributed by atoms with van der Waals surface area (Å²) in [6.45, 7) is 4.27.